The van der Waals surface area contributed by atoms with Crippen LogP contribution in [0.5, 0.6) is 11.5 Å². The molecule has 15 heteroatoms. The van der Waals surface area contributed by atoms with E-state index in [-0.39, 0.29) is 30.8 Å². The Bertz CT molecular complexity index is 2210. The number of hydrogen-bond acceptors (Lipinski definition) is 10. The van der Waals surface area contributed by atoms with Crippen LogP contribution < -0.4 is 14.8 Å². The molecule has 0 bridgehead atoms. The number of carboxylic acids is 2. The van der Waals surface area contributed by atoms with Crippen molar-refractivity contribution in [1.29, 1.82) is 5.26 Å². The van der Waals surface area contributed by atoms with Gasteiger partial charge in [-0.2, -0.15) is 10.4 Å². The van der Waals surface area contributed by atoms with E-state index in [1.54, 1.807) is 24.4 Å². The van der Waals surface area contributed by atoms with Gasteiger partial charge in [-0.1, -0.05) is 41.9 Å². The summed E-state index contributed by atoms with van der Waals surface area (Å²) >= 11 is 10.5. The van der Waals surface area contributed by atoms with Crippen LogP contribution in [0.2, 0.25) is 5.02 Å². The zero-order valence-corrected chi connectivity index (χ0v) is 32.2. The number of halogens is 2. The maximum Gasteiger partial charge on any atom is 0.323 e. The summed E-state index contributed by atoms with van der Waals surface area (Å²) in [5.74, 6) is -1.23. The van der Waals surface area contributed by atoms with Crippen molar-refractivity contribution < 1.29 is 34.4 Å². The first kappa shape index (κ1) is 39.6. The molecule has 55 heavy (non-hydrogen) atoms. The van der Waals surface area contributed by atoms with Crippen LogP contribution >= 0.6 is 27.5 Å². The van der Waals surface area contributed by atoms with E-state index in [1.165, 1.54) is 6.20 Å². The quantitative estimate of drug-likeness (QED) is 0.0714. The molecular formula is C40H40BrClN6O7. The molecule has 1 saturated heterocycles. The molecule has 2 aromatic heterocycles. The Balaban J connectivity index is 1.17. The lowest BCUT2D eigenvalue weighted by molar-refractivity contribution is -0.142. The number of nitrogens with one attached hydrogen (secondary N) is 1. The van der Waals surface area contributed by atoms with Gasteiger partial charge in [-0.15, -0.1) is 0 Å². The average Bonchev–Trinajstić information content (AvgIpc) is 3.84. The average molecular weight is 832 g/mol. The molecule has 3 heterocycles. The fourth-order valence-electron chi connectivity index (χ4n) is 6.73. The number of ether oxygens (including phenoxy) is 2. The second kappa shape index (κ2) is 18.5. The highest BCUT2D eigenvalue weighted by molar-refractivity contribution is 9.10. The minimum Gasteiger partial charge on any atom is -0.488 e. The van der Waals surface area contributed by atoms with Crippen molar-refractivity contribution in [3.63, 3.8) is 0 Å². The van der Waals surface area contributed by atoms with E-state index in [9.17, 15) is 30.2 Å². The summed E-state index contributed by atoms with van der Waals surface area (Å²) in [6.07, 6.45) is 8.32. The summed E-state index contributed by atoms with van der Waals surface area (Å²) < 4.78 is 15.2. The van der Waals surface area contributed by atoms with E-state index in [0.29, 0.717) is 34.6 Å². The predicted molar refractivity (Wildman–Crippen MR) is 209 cm³/mol. The Morgan fingerprint density at radius 2 is 1.78 bits per heavy atom. The maximum absolute atomic E-state index is 11.5. The van der Waals surface area contributed by atoms with Crippen LogP contribution in [0.25, 0.3) is 22.0 Å². The van der Waals surface area contributed by atoms with Gasteiger partial charge in [-0.05, 0) is 84.0 Å². The van der Waals surface area contributed by atoms with E-state index in [1.807, 2.05) is 35.1 Å². The van der Waals surface area contributed by atoms with Crippen LogP contribution in [0.4, 0.5) is 0 Å². The second-order valence-electron chi connectivity index (χ2n) is 13.2. The van der Waals surface area contributed by atoms with E-state index < -0.39 is 24.6 Å². The van der Waals surface area contributed by atoms with Gasteiger partial charge in [-0.3, -0.25) is 29.5 Å². The van der Waals surface area contributed by atoms with Crippen LogP contribution in [0.1, 0.15) is 47.9 Å². The summed E-state index contributed by atoms with van der Waals surface area (Å²) in [4.78, 5) is 29.2. The van der Waals surface area contributed by atoms with Gasteiger partial charge >= 0.3 is 11.9 Å². The van der Waals surface area contributed by atoms with Crippen LogP contribution in [-0.2, 0) is 35.9 Å². The number of nitriles is 1. The summed E-state index contributed by atoms with van der Waals surface area (Å²) in [6.45, 7) is 1.97. The van der Waals surface area contributed by atoms with Crippen LogP contribution in [0, 0.1) is 11.3 Å². The molecule has 0 aliphatic carbocycles. The highest BCUT2D eigenvalue weighted by atomic mass is 79.9. The van der Waals surface area contributed by atoms with Gasteiger partial charge in [0.25, 0.3) is 0 Å². The molecule has 286 valence electrons. The minimum absolute atomic E-state index is 0.0326. The number of nitrogens with zero attached hydrogens (tertiary/aromatic N) is 5. The number of benzene rings is 3. The van der Waals surface area contributed by atoms with Gasteiger partial charge in [-0.25, -0.2) is 0 Å². The molecule has 4 N–H and O–H groups in total. The summed E-state index contributed by atoms with van der Waals surface area (Å²) in [5, 5.41) is 46.5. The van der Waals surface area contributed by atoms with Crippen molar-refractivity contribution in [2.24, 2.45) is 0 Å². The van der Waals surface area contributed by atoms with Gasteiger partial charge in [0, 0.05) is 58.1 Å². The lowest BCUT2D eigenvalue weighted by Gasteiger charge is -2.20. The van der Waals surface area contributed by atoms with Gasteiger partial charge in [0.15, 0.2) is 0 Å². The molecule has 0 amide bonds. The third-order valence-corrected chi connectivity index (χ3v) is 10.8. The Kier molecular flexibility index (Phi) is 13.4. The highest BCUT2D eigenvalue weighted by Gasteiger charge is 2.29. The van der Waals surface area contributed by atoms with Gasteiger partial charge < -0.3 is 24.8 Å². The Labute approximate surface area is 331 Å². The number of rotatable bonds is 18. The summed E-state index contributed by atoms with van der Waals surface area (Å²) in [6, 6.07) is 17.5. The van der Waals surface area contributed by atoms with Gasteiger partial charge in [0.1, 0.15) is 42.9 Å². The molecule has 13 nitrogen and oxygen atoms in total. The van der Waals surface area contributed by atoms with Crippen molar-refractivity contribution >= 4 is 50.4 Å². The lowest BCUT2D eigenvalue weighted by Crippen LogP contribution is -2.39. The number of aliphatic hydroxyl groups is 1. The molecule has 1 fully saturated rings. The molecule has 1 aliphatic rings. The lowest BCUT2D eigenvalue weighted by atomic mass is 10.00. The number of likely N-dealkylation sites (tertiary alicyclic amines) is 1. The molecule has 2 atom stereocenters. The molecule has 6 rings (SSSR count). The molecule has 0 radical (unpaired) electrons. The van der Waals surface area contributed by atoms with E-state index in [0.717, 1.165) is 71.0 Å². The molecular weight excluding hydrogens is 792 g/mol. The summed E-state index contributed by atoms with van der Waals surface area (Å²) in [7, 11) is 0. The Hall–Kier alpha value is -5.04. The number of carbonyl (C=O) groups is 2. The molecule has 1 aliphatic heterocycles. The normalized spacial score (nSPS) is 14.8. The number of aromatic nitrogens is 3. The maximum atomic E-state index is 11.5. The van der Waals surface area contributed by atoms with Crippen LogP contribution in [-0.4, -0.2) is 78.7 Å². The van der Waals surface area contributed by atoms with Crippen molar-refractivity contribution in [1.82, 2.24) is 25.0 Å². The number of carboxylic acid groups (broad SMARTS) is 2. The number of aliphatic carboxylic acids is 2. The largest absolute Gasteiger partial charge is 0.488 e. The number of unbranched alkanes of at least 4 members (excludes halogenated alkanes) is 1. The number of aryl methyl sites for hydroxylation is 1. The fraction of sp³-hybridized carbons (Fsp3) is 0.325. The predicted octanol–water partition coefficient (Wildman–Crippen LogP) is 6.41. The van der Waals surface area contributed by atoms with Crippen molar-refractivity contribution in [3.05, 3.63) is 105 Å². The minimum atomic E-state index is -1.20. The van der Waals surface area contributed by atoms with Crippen LogP contribution in [0.3, 0.4) is 0 Å². The monoisotopic (exact) mass is 830 g/mol. The van der Waals surface area contributed by atoms with E-state index in [4.69, 9.17) is 26.2 Å². The highest BCUT2D eigenvalue weighted by Crippen LogP contribution is 2.38. The molecule has 0 saturated carbocycles. The Morgan fingerprint density at radius 1 is 1.00 bits per heavy atom. The van der Waals surface area contributed by atoms with Gasteiger partial charge in [0.2, 0.25) is 0 Å². The van der Waals surface area contributed by atoms with Gasteiger partial charge in [0.05, 0.1) is 28.9 Å². The smallest absolute Gasteiger partial charge is 0.323 e. The zero-order valence-electron chi connectivity index (χ0n) is 29.8. The molecule has 0 spiro atoms. The zero-order chi connectivity index (χ0) is 38.9. The number of aliphatic hydroxyl groups excluding tert-OH is 1. The molecule has 5 aromatic rings. The third-order valence-electron chi connectivity index (χ3n) is 9.61. The molecule has 0 unspecified atom stereocenters. The SMILES string of the molecule is N#Cc1cncc(COc2cc(OCc3cccc(-c4cccc5c4cnn5CCCCN4CCC[C@H]4C(=O)O)c3Br)c(Cl)cc2CN[C@@H](CO)C(=O)O)c1. The number of hydrogen-bond donors (Lipinski definition) is 4. The standard InChI is InChI=1S/C40H40BrClN6O7/c41-38-27(6-3-8-30(38)29-7-4-9-34-31(29)21-46-48(34)13-2-1-11-47-12-5-10-35(47)40(52)53)24-55-37-16-36(54-23-26-14-25(17-43)18-44-19-26)28(15-32(37)42)20-45-33(22-49)39(50)51/h3-4,6-9,14-16,18-19,21,33,35,45,49H,1-2,5,10-13,20,22-24H2,(H,50,51)(H,52,53)/t33-,35-/m0/s1. The van der Waals surface area contributed by atoms with E-state index in [2.05, 4.69) is 49.3 Å². The Morgan fingerprint density at radius 3 is 2.56 bits per heavy atom. The second-order valence-corrected chi connectivity index (χ2v) is 14.4. The summed E-state index contributed by atoms with van der Waals surface area (Å²) in [5.41, 5.74) is 5.41. The first-order chi connectivity index (χ1) is 26.7. The van der Waals surface area contributed by atoms with Crippen molar-refractivity contribution in [3.8, 4) is 28.7 Å². The molecule has 3 aromatic carbocycles. The van der Waals surface area contributed by atoms with Crippen LogP contribution in [0.15, 0.2) is 77.7 Å². The van der Waals surface area contributed by atoms with E-state index >= 15 is 0 Å². The third kappa shape index (κ3) is 9.62. The topological polar surface area (TPSA) is 183 Å². The number of pyridine rings is 1. The first-order valence-corrected chi connectivity index (χ1v) is 19.0. The van der Waals surface area contributed by atoms with Crippen molar-refractivity contribution in [2.45, 2.75) is 64.1 Å². The first-order valence-electron chi connectivity index (χ1n) is 17.8. The van der Waals surface area contributed by atoms with Crippen molar-refractivity contribution in [2.75, 3.05) is 19.7 Å². The fourth-order valence-corrected chi connectivity index (χ4v) is 7.57. The number of fused-ring (bicyclic) bond motifs is 1.